The molecule has 2 aromatic heterocycles. The molecule has 3 heterocycles. The number of aromatic nitrogens is 2. The molecule has 8 heteroatoms. The highest BCUT2D eigenvalue weighted by molar-refractivity contribution is 5.96. The van der Waals surface area contributed by atoms with Crippen molar-refractivity contribution in [3.63, 3.8) is 0 Å². The van der Waals surface area contributed by atoms with E-state index in [1.54, 1.807) is 30.8 Å². The first-order chi connectivity index (χ1) is 13.3. The zero-order valence-corrected chi connectivity index (χ0v) is 16.8. The number of halogens is 1. The van der Waals surface area contributed by atoms with E-state index in [9.17, 15) is 14.0 Å². The molecule has 0 aliphatic carbocycles. The van der Waals surface area contributed by atoms with Crippen LogP contribution in [0.2, 0.25) is 0 Å². The second-order valence-corrected chi connectivity index (χ2v) is 7.35. The number of nitrogens with one attached hydrogen (secondary N) is 1. The van der Waals surface area contributed by atoms with Crippen LogP contribution >= 0.6 is 0 Å². The van der Waals surface area contributed by atoms with Crippen molar-refractivity contribution in [1.82, 2.24) is 20.0 Å². The van der Waals surface area contributed by atoms with Crippen molar-refractivity contribution in [2.75, 3.05) is 13.1 Å². The SMILES string of the molecule is CCCn1ncc(C(=O)N2C[C@@H](F)C[C@H]2CNC(=O)c2cc(C)oc2C)c1C. The zero-order valence-electron chi connectivity index (χ0n) is 16.8. The van der Waals surface area contributed by atoms with Gasteiger partial charge in [-0.1, -0.05) is 6.92 Å². The molecule has 28 heavy (non-hydrogen) atoms. The maximum atomic E-state index is 14.1. The monoisotopic (exact) mass is 390 g/mol. The number of alkyl halides is 1. The van der Waals surface area contributed by atoms with Gasteiger partial charge >= 0.3 is 0 Å². The van der Waals surface area contributed by atoms with Gasteiger partial charge in [-0.25, -0.2) is 4.39 Å². The molecule has 2 atom stereocenters. The lowest BCUT2D eigenvalue weighted by Crippen LogP contribution is -2.43. The molecule has 2 aromatic rings. The normalized spacial score (nSPS) is 19.2. The lowest BCUT2D eigenvalue weighted by atomic mass is 10.1. The Hall–Kier alpha value is -2.64. The Labute approximate surface area is 163 Å². The largest absolute Gasteiger partial charge is 0.466 e. The van der Waals surface area contributed by atoms with Crippen LogP contribution in [0.1, 0.15) is 57.7 Å². The summed E-state index contributed by atoms with van der Waals surface area (Å²) in [5.74, 6) is 0.672. The highest BCUT2D eigenvalue weighted by atomic mass is 19.1. The summed E-state index contributed by atoms with van der Waals surface area (Å²) in [4.78, 5) is 26.9. The van der Waals surface area contributed by atoms with E-state index in [4.69, 9.17) is 4.42 Å². The molecule has 0 aromatic carbocycles. The summed E-state index contributed by atoms with van der Waals surface area (Å²) >= 11 is 0. The van der Waals surface area contributed by atoms with Gasteiger partial charge in [0.25, 0.3) is 11.8 Å². The van der Waals surface area contributed by atoms with Gasteiger partial charge in [-0.3, -0.25) is 14.3 Å². The van der Waals surface area contributed by atoms with E-state index in [0.29, 0.717) is 22.6 Å². The molecule has 1 fully saturated rings. The van der Waals surface area contributed by atoms with Crippen LogP contribution in [0.25, 0.3) is 0 Å². The fraction of sp³-hybridized carbons (Fsp3) is 0.550. The standard InChI is InChI=1S/C20H27FN4O3/c1-5-6-25-13(3)18(10-23-25)20(27)24-11-15(21)8-16(24)9-22-19(26)17-7-12(2)28-14(17)4/h7,10,15-16H,5-6,8-9,11H2,1-4H3,(H,22,26)/t15-,16-/m0/s1. The first kappa shape index (κ1) is 20.1. The van der Waals surface area contributed by atoms with Crippen LogP contribution in [0.5, 0.6) is 0 Å². The predicted octanol–water partition coefficient (Wildman–Crippen LogP) is 2.79. The number of rotatable bonds is 6. The van der Waals surface area contributed by atoms with Crippen LogP contribution < -0.4 is 5.32 Å². The molecule has 1 saturated heterocycles. The summed E-state index contributed by atoms with van der Waals surface area (Å²) in [6.45, 7) is 8.34. The maximum Gasteiger partial charge on any atom is 0.257 e. The van der Waals surface area contributed by atoms with Crippen LogP contribution in [-0.2, 0) is 6.54 Å². The van der Waals surface area contributed by atoms with Gasteiger partial charge in [0, 0.05) is 25.2 Å². The van der Waals surface area contributed by atoms with E-state index < -0.39 is 12.2 Å². The molecule has 152 valence electrons. The van der Waals surface area contributed by atoms with Crippen molar-refractivity contribution < 1.29 is 18.4 Å². The van der Waals surface area contributed by atoms with Gasteiger partial charge in [0.05, 0.1) is 29.9 Å². The van der Waals surface area contributed by atoms with E-state index in [1.165, 1.54) is 4.90 Å². The summed E-state index contributed by atoms with van der Waals surface area (Å²) in [6.07, 6.45) is 1.56. The molecular formula is C20H27FN4O3. The fourth-order valence-electron chi connectivity index (χ4n) is 3.71. The topological polar surface area (TPSA) is 80.4 Å². The summed E-state index contributed by atoms with van der Waals surface area (Å²) in [7, 11) is 0. The van der Waals surface area contributed by atoms with E-state index in [2.05, 4.69) is 10.4 Å². The van der Waals surface area contributed by atoms with Crippen molar-refractivity contribution in [2.24, 2.45) is 0 Å². The number of furan rings is 1. The van der Waals surface area contributed by atoms with Gasteiger partial charge in [0.15, 0.2) is 0 Å². The number of hydrogen-bond acceptors (Lipinski definition) is 4. The molecule has 2 amide bonds. The molecule has 1 aliphatic rings. The van der Waals surface area contributed by atoms with Gasteiger partial charge in [0.1, 0.15) is 17.7 Å². The molecule has 0 spiro atoms. The predicted molar refractivity (Wildman–Crippen MR) is 102 cm³/mol. The highest BCUT2D eigenvalue weighted by Crippen LogP contribution is 2.24. The minimum absolute atomic E-state index is 0.0294. The van der Waals surface area contributed by atoms with Gasteiger partial charge in [-0.05, 0) is 33.3 Å². The van der Waals surface area contributed by atoms with Crippen LogP contribution in [-0.4, -0.2) is 51.8 Å². The summed E-state index contributed by atoms with van der Waals surface area (Å²) < 4.78 is 21.3. The van der Waals surface area contributed by atoms with Crippen molar-refractivity contribution in [3.8, 4) is 0 Å². The Balaban J connectivity index is 1.70. The van der Waals surface area contributed by atoms with Gasteiger partial charge in [-0.15, -0.1) is 0 Å². The zero-order chi connectivity index (χ0) is 20.4. The third-order valence-corrected chi connectivity index (χ3v) is 5.18. The van der Waals surface area contributed by atoms with E-state index >= 15 is 0 Å². The average Bonchev–Trinajstić information content (AvgIpc) is 3.30. The third-order valence-electron chi connectivity index (χ3n) is 5.18. The number of carbonyl (C=O) groups excluding carboxylic acids is 2. The Kier molecular flexibility index (Phi) is 5.86. The summed E-state index contributed by atoms with van der Waals surface area (Å²) in [5.41, 5.74) is 1.73. The second kappa shape index (κ2) is 8.16. The lowest BCUT2D eigenvalue weighted by Gasteiger charge is -2.24. The minimum Gasteiger partial charge on any atom is -0.466 e. The van der Waals surface area contributed by atoms with Crippen molar-refractivity contribution in [1.29, 1.82) is 0 Å². The molecule has 7 nitrogen and oxygen atoms in total. The van der Waals surface area contributed by atoms with Gasteiger partial charge in [0.2, 0.25) is 0 Å². The number of amides is 2. The number of aryl methyl sites for hydroxylation is 3. The number of carbonyl (C=O) groups is 2. The van der Waals surface area contributed by atoms with E-state index in [-0.39, 0.29) is 31.3 Å². The van der Waals surface area contributed by atoms with Crippen LogP contribution in [0.4, 0.5) is 4.39 Å². The van der Waals surface area contributed by atoms with Crippen LogP contribution in [0.3, 0.4) is 0 Å². The highest BCUT2D eigenvalue weighted by Gasteiger charge is 2.37. The minimum atomic E-state index is -1.10. The first-order valence-electron chi connectivity index (χ1n) is 9.64. The van der Waals surface area contributed by atoms with Crippen LogP contribution in [0.15, 0.2) is 16.7 Å². The quantitative estimate of drug-likeness (QED) is 0.822. The molecule has 0 radical (unpaired) electrons. The van der Waals surface area contributed by atoms with Crippen molar-refractivity contribution in [3.05, 3.63) is 40.6 Å². The Morgan fingerprint density at radius 1 is 1.32 bits per heavy atom. The van der Waals surface area contributed by atoms with E-state index in [0.717, 1.165) is 18.7 Å². The maximum absolute atomic E-state index is 14.1. The Morgan fingerprint density at radius 2 is 2.07 bits per heavy atom. The van der Waals surface area contributed by atoms with Gasteiger partial charge < -0.3 is 14.6 Å². The second-order valence-electron chi connectivity index (χ2n) is 7.35. The Morgan fingerprint density at radius 3 is 2.71 bits per heavy atom. The number of nitrogens with zero attached hydrogens (tertiary/aromatic N) is 3. The number of likely N-dealkylation sites (tertiary alicyclic amines) is 1. The first-order valence-corrected chi connectivity index (χ1v) is 9.64. The number of hydrogen-bond donors (Lipinski definition) is 1. The summed E-state index contributed by atoms with van der Waals surface area (Å²) in [6, 6.07) is 1.28. The molecule has 3 rings (SSSR count). The van der Waals surface area contributed by atoms with Gasteiger partial charge in [-0.2, -0.15) is 5.10 Å². The third kappa shape index (κ3) is 3.95. The van der Waals surface area contributed by atoms with Crippen molar-refractivity contribution in [2.45, 2.75) is 59.3 Å². The lowest BCUT2D eigenvalue weighted by molar-refractivity contribution is 0.0717. The smallest absolute Gasteiger partial charge is 0.257 e. The molecule has 0 unspecified atom stereocenters. The van der Waals surface area contributed by atoms with Crippen LogP contribution in [0, 0.1) is 20.8 Å². The molecule has 1 aliphatic heterocycles. The fourth-order valence-corrected chi connectivity index (χ4v) is 3.71. The van der Waals surface area contributed by atoms with E-state index in [1.807, 2.05) is 13.8 Å². The Bertz CT molecular complexity index is 873. The van der Waals surface area contributed by atoms with Crippen molar-refractivity contribution >= 4 is 11.8 Å². The summed E-state index contributed by atoms with van der Waals surface area (Å²) in [5, 5.41) is 7.07. The average molecular weight is 390 g/mol. The molecular weight excluding hydrogens is 363 g/mol. The molecule has 0 saturated carbocycles. The molecule has 0 bridgehead atoms. The molecule has 1 N–H and O–H groups in total.